The number of carboxylic acid groups (broad SMARTS) is 1. The molecular formula is C23H23N3O7. The van der Waals surface area contributed by atoms with Crippen LogP contribution in [0, 0.1) is 0 Å². The quantitative estimate of drug-likeness (QED) is 0.472. The molecule has 1 aliphatic heterocycles. The maximum Gasteiger partial charge on any atom is 0.407 e. The van der Waals surface area contributed by atoms with Crippen LogP contribution in [0.3, 0.4) is 0 Å². The van der Waals surface area contributed by atoms with Crippen molar-refractivity contribution < 1.29 is 33.9 Å². The van der Waals surface area contributed by atoms with E-state index < -0.39 is 36.0 Å². The molecule has 1 saturated heterocycles. The van der Waals surface area contributed by atoms with Gasteiger partial charge in [0.1, 0.15) is 25.3 Å². The minimum Gasteiger partial charge on any atom is -0.481 e. The average molecular weight is 453 g/mol. The van der Waals surface area contributed by atoms with Crippen LogP contribution >= 0.6 is 0 Å². The monoisotopic (exact) mass is 453 g/mol. The zero-order valence-corrected chi connectivity index (χ0v) is 17.6. The van der Waals surface area contributed by atoms with E-state index in [-0.39, 0.29) is 32.0 Å². The van der Waals surface area contributed by atoms with E-state index >= 15 is 0 Å². The standard InChI is InChI=1S/C23H23N3O7/c27-20(28)10-9-18(21(29)24-19-12-33-26-22(19)30)25-23(31)32-11-17-15-7-3-1-5-13(15)14-6-2-4-8-16(14)17/h1-8,17-19H,9-12H2,(H,24,29)(H,25,31)(H,26,30)(H,27,28)/t18?,19-/m1/s1. The fourth-order valence-electron chi connectivity index (χ4n) is 4.04. The second kappa shape index (κ2) is 9.70. The highest BCUT2D eigenvalue weighted by atomic mass is 16.7. The molecule has 0 bridgehead atoms. The molecule has 10 heteroatoms. The molecule has 0 aromatic heterocycles. The number of carbonyl (C=O) groups excluding carboxylic acids is 3. The molecule has 1 heterocycles. The van der Waals surface area contributed by atoms with Gasteiger partial charge in [-0.25, -0.2) is 10.3 Å². The number of fused-ring (bicyclic) bond motifs is 3. The lowest BCUT2D eigenvalue weighted by Gasteiger charge is -2.20. The molecule has 0 spiro atoms. The van der Waals surface area contributed by atoms with Gasteiger partial charge in [-0.05, 0) is 28.7 Å². The Morgan fingerprint density at radius 3 is 2.30 bits per heavy atom. The first-order chi connectivity index (χ1) is 15.9. The minimum atomic E-state index is -1.19. The molecule has 4 N–H and O–H groups in total. The molecule has 2 atom stereocenters. The van der Waals surface area contributed by atoms with Crippen molar-refractivity contribution in [3.05, 3.63) is 59.7 Å². The van der Waals surface area contributed by atoms with Crippen LogP contribution in [0.25, 0.3) is 11.1 Å². The molecule has 1 fully saturated rings. The third kappa shape index (κ3) is 4.96. The third-order valence-corrected chi connectivity index (χ3v) is 5.65. The topological polar surface area (TPSA) is 143 Å². The van der Waals surface area contributed by atoms with Crippen LogP contribution in [0.15, 0.2) is 48.5 Å². The summed E-state index contributed by atoms with van der Waals surface area (Å²) < 4.78 is 5.44. The number of ether oxygens (including phenoxy) is 1. The summed E-state index contributed by atoms with van der Waals surface area (Å²) in [5.74, 6) is -2.50. The van der Waals surface area contributed by atoms with Crippen LogP contribution in [-0.2, 0) is 24.0 Å². The highest BCUT2D eigenvalue weighted by molar-refractivity contribution is 5.92. The molecule has 10 nitrogen and oxygen atoms in total. The number of aliphatic carboxylic acids is 1. The maximum atomic E-state index is 12.6. The number of amides is 3. The van der Waals surface area contributed by atoms with E-state index in [1.807, 2.05) is 48.5 Å². The Morgan fingerprint density at radius 1 is 1.09 bits per heavy atom. The van der Waals surface area contributed by atoms with E-state index in [1.165, 1.54) is 0 Å². The summed E-state index contributed by atoms with van der Waals surface area (Å²) >= 11 is 0. The van der Waals surface area contributed by atoms with Gasteiger partial charge in [0.05, 0.1) is 0 Å². The number of hydrogen-bond acceptors (Lipinski definition) is 6. The number of carbonyl (C=O) groups is 4. The predicted molar refractivity (Wildman–Crippen MR) is 115 cm³/mol. The first-order valence-corrected chi connectivity index (χ1v) is 10.5. The molecule has 3 amide bonds. The summed E-state index contributed by atoms with van der Waals surface area (Å²) in [5.41, 5.74) is 6.36. The van der Waals surface area contributed by atoms with E-state index in [1.54, 1.807) is 0 Å². The number of hydroxylamine groups is 1. The summed E-state index contributed by atoms with van der Waals surface area (Å²) in [6.45, 7) is -0.0207. The van der Waals surface area contributed by atoms with Gasteiger partial charge < -0.3 is 20.5 Å². The van der Waals surface area contributed by atoms with E-state index in [9.17, 15) is 19.2 Å². The van der Waals surface area contributed by atoms with Crippen molar-refractivity contribution in [1.29, 1.82) is 0 Å². The van der Waals surface area contributed by atoms with Gasteiger partial charge in [0, 0.05) is 12.3 Å². The third-order valence-electron chi connectivity index (χ3n) is 5.65. The van der Waals surface area contributed by atoms with Crippen LogP contribution in [0.5, 0.6) is 0 Å². The number of benzene rings is 2. The van der Waals surface area contributed by atoms with Crippen LogP contribution in [0.4, 0.5) is 4.79 Å². The van der Waals surface area contributed by atoms with Crippen LogP contribution < -0.4 is 16.1 Å². The molecule has 33 heavy (non-hydrogen) atoms. The Kier molecular flexibility index (Phi) is 6.55. The maximum absolute atomic E-state index is 12.6. The first-order valence-electron chi connectivity index (χ1n) is 10.5. The number of rotatable bonds is 8. The highest BCUT2D eigenvalue weighted by Gasteiger charge is 2.32. The van der Waals surface area contributed by atoms with Crippen molar-refractivity contribution in [2.45, 2.75) is 30.8 Å². The molecule has 172 valence electrons. The van der Waals surface area contributed by atoms with Gasteiger partial charge >= 0.3 is 12.1 Å². The zero-order valence-electron chi connectivity index (χ0n) is 17.6. The number of hydrogen-bond donors (Lipinski definition) is 4. The Balaban J connectivity index is 1.40. The van der Waals surface area contributed by atoms with Gasteiger partial charge in [0.2, 0.25) is 5.91 Å². The van der Waals surface area contributed by atoms with E-state index in [0.29, 0.717) is 0 Å². The van der Waals surface area contributed by atoms with Gasteiger partial charge in [-0.3, -0.25) is 19.2 Å². The number of alkyl carbamates (subject to hydrolysis) is 1. The van der Waals surface area contributed by atoms with Crippen molar-refractivity contribution >= 4 is 23.9 Å². The Hall–Kier alpha value is -3.92. The number of nitrogens with one attached hydrogen (secondary N) is 3. The number of carboxylic acids is 1. The average Bonchev–Trinajstić information content (AvgIpc) is 3.35. The molecular weight excluding hydrogens is 430 g/mol. The van der Waals surface area contributed by atoms with Gasteiger partial charge in [0.25, 0.3) is 5.91 Å². The van der Waals surface area contributed by atoms with Gasteiger partial charge in [0.15, 0.2) is 0 Å². The molecule has 4 rings (SSSR count). The largest absolute Gasteiger partial charge is 0.481 e. The summed E-state index contributed by atoms with van der Waals surface area (Å²) in [6, 6.07) is 13.6. The Morgan fingerprint density at radius 2 is 1.73 bits per heavy atom. The van der Waals surface area contributed by atoms with Gasteiger partial charge in [-0.2, -0.15) is 0 Å². The molecule has 2 aromatic carbocycles. The van der Waals surface area contributed by atoms with Crippen LogP contribution in [0.1, 0.15) is 29.9 Å². The SMILES string of the molecule is O=C(O)CCC(NC(=O)OCC1c2ccccc2-c2ccccc21)C(=O)N[C@@H]1CONC1=O. The predicted octanol–water partition coefficient (Wildman–Crippen LogP) is 1.30. The lowest BCUT2D eigenvalue weighted by atomic mass is 9.98. The van der Waals surface area contributed by atoms with E-state index in [4.69, 9.17) is 14.7 Å². The summed E-state index contributed by atoms with van der Waals surface area (Å²) in [4.78, 5) is 52.4. The summed E-state index contributed by atoms with van der Waals surface area (Å²) in [6.07, 6.45) is -1.37. The minimum absolute atomic E-state index is 0.0476. The van der Waals surface area contributed by atoms with E-state index in [2.05, 4.69) is 16.1 Å². The van der Waals surface area contributed by atoms with Crippen LogP contribution in [0.2, 0.25) is 0 Å². The molecule has 1 unspecified atom stereocenters. The molecule has 1 aliphatic carbocycles. The Labute approximate surface area is 189 Å². The lowest BCUT2D eigenvalue weighted by Crippen LogP contribution is -2.52. The lowest BCUT2D eigenvalue weighted by molar-refractivity contribution is -0.137. The normalized spacial score (nSPS) is 17.5. The molecule has 0 saturated carbocycles. The van der Waals surface area contributed by atoms with Crippen molar-refractivity contribution in [2.75, 3.05) is 13.2 Å². The van der Waals surface area contributed by atoms with E-state index in [0.717, 1.165) is 22.3 Å². The van der Waals surface area contributed by atoms with Crippen molar-refractivity contribution in [2.24, 2.45) is 0 Å². The molecule has 0 radical (unpaired) electrons. The molecule has 2 aromatic rings. The van der Waals surface area contributed by atoms with Crippen LogP contribution in [-0.4, -0.2) is 54.3 Å². The van der Waals surface area contributed by atoms with Gasteiger partial charge in [-0.15, -0.1) is 0 Å². The second-order valence-electron chi connectivity index (χ2n) is 7.79. The first kappa shape index (κ1) is 22.3. The Bertz CT molecular complexity index is 1040. The summed E-state index contributed by atoms with van der Waals surface area (Å²) in [5, 5.41) is 13.8. The zero-order chi connectivity index (χ0) is 23.4. The highest BCUT2D eigenvalue weighted by Crippen LogP contribution is 2.44. The van der Waals surface area contributed by atoms with Crippen molar-refractivity contribution in [1.82, 2.24) is 16.1 Å². The van der Waals surface area contributed by atoms with Crippen molar-refractivity contribution in [3.63, 3.8) is 0 Å². The smallest absolute Gasteiger partial charge is 0.407 e. The van der Waals surface area contributed by atoms with Gasteiger partial charge in [-0.1, -0.05) is 48.5 Å². The second-order valence-corrected chi connectivity index (χ2v) is 7.79. The fraction of sp³-hybridized carbons (Fsp3) is 0.304. The fourth-order valence-corrected chi connectivity index (χ4v) is 4.04. The molecule has 2 aliphatic rings. The van der Waals surface area contributed by atoms with Crippen molar-refractivity contribution in [3.8, 4) is 11.1 Å². The summed E-state index contributed by atoms with van der Waals surface area (Å²) in [7, 11) is 0.